The highest BCUT2D eigenvalue weighted by Crippen LogP contribution is 2.54. The van der Waals surface area contributed by atoms with Crippen molar-refractivity contribution in [1.29, 1.82) is 0 Å². The maximum absolute atomic E-state index is 12.7. The van der Waals surface area contributed by atoms with Gasteiger partial charge in [0.15, 0.2) is 5.78 Å². The summed E-state index contributed by atoms with van der Waals surface area (Å²) in [6, 6.07) is 4.87. The summed E-state index contributed by atoms with van der Waals surface area (Å²) in [5.74, 6) is 0.525. The molecule has 0 aliphatic rings. The Morgan fingerprint density at radius 1 is 1.14 bits per heavy atom. The fourth-order valence-corrected chi connectivity index (χ4v) is 3.66. The molecule has 0 fully saturated rings. The van der Waals surface area contributed by atoms with Gasteiger partial charge in [-0.3, -0.25) is 9.36 Å². The lowest BCUT2D eigenvalue weighted by atomic mass is 10.1. The molecule has 6 nitrogen and oxygen atoms in total. The lowest BCUT2D eigenvalue weighted by Gasteiger charge is -2.23. The van der Waals surface area contributed by atoms with Gasteiger partial charge in [0.25, 0.3) is 0 Å². The van der Waals surface area contributed by atoms with Crippen LogP contribution in [0.25, 0.3) is 0 Å². The Bertz CT molecular complexity index is 547. The first kappa shape index (κ1) is 18.7. The van der Waals surface area contributed by atoms with E-state index in [0.717, 1.165) is 0 Å². The van der Waals surface area contributed by atoms with Crippen molar-refractivity contribution in [3.8, 4) is 11.5 Å². The standard InChI is InChI=1S/C15H23O6P/c1-6-20-22(17,21-7-2)11(3)15(16)13-10-12(18-4)8-9-14(13)19-5/h8-11H,6-7H2,1-5H3. The van der Waals surface area contributed by atoms with Crippen LogP contribution in [-0.2, 0) is 13.6 Å². The van der Waals surface area contributed by atoms with Crippen molar-refractivity contribution in [3.63, 3.8) is 0 Å². The van der Waals surface area contributed by atoms with Gasteiger partial charge in [-0.15, -0.1) is 0 Å². The molecule has 1 aromatic rings. The summed E-state index contributed by atoms with van der Waals surface area (Å²) >= 11 is 0. The molecule has 0 radical (unpaired) electrons. The van der Waals surface area contributed by atoms with E-state index in [-0.39, 0.29) is 24.6 Å². The minimum absolute atomic E-state index is 0.199. The van der Waals surface area contributed by atoms with Crippen molar-refractivity contribution in [2.75, 3.05) is 27.4 Å². The second kappa shape index (κ2) is 8.32. The van der Waals surface area contributed by atoms with Crippen molar-refractivity contribution >= 4 is 13.4 Å². The molecular formula is C15H23O6P. The number of carbonyl (C=O) groups excluding carboxylic acids is 1. The Hall–Kier alpha value is -1.36. The third kappa shape index (κ3) is 4.09. The zero-order chi connectivity index (χ0) is 16.8. The first-order chi connectivity index (χ1) is 10.4. The second-order valence-corrected chi connectivity index (χ2v) is 6.85. The molecule has 0 aliphatic carbocycles. The molecule has 0 spiro atoms. The van der Waals surface area contributed by atoms with Gasteiger partial charge in [0, 0.05) is 0 Å². The minimum Gasteiger partial charge on any atom is -0.497 e. The quantitative estimate of drug-likeness (QED) is 0.509. The van der Waals surface area contributed by atoms with Gasteiger partial charge in [-0.05, 0) is 39.0 Å². The third-order valence-corrected chi connectivity index (χ3v) is 5.56. The van der Waals surface area contributed by atoms with E-state index in [2.05, 4.69) is 0 Å². The Balaban J connectivity index is 3.20. The molecule has 7 heteroatoms. The molecule has 1 atom stereocenters. The van der Waals surface area contributed by atoms with Gasteiger partial charge in [-0.25, -0.2) is 0 Å². The van der Waals surface area contributed by atoms with Crippen LogP contribution in [0.1, 0.15) is 31.1 Å². The fraction of sp³-hybridized carbons (Fsp3) is 0.533. The molecule has 0 amide bonds. The highest BCUT2D eigenvalue weighted by molar-refractivity contribution is 7.55. The minimum atomic E-state index is -3.53. The number of rotatable bonds is 9. The van der Waals surface area contributed by atoms with Crippen LogP contribution in [0.3, 0.4) is 0 Å². The van der Waals surface area contributed by atoms with E-state index in [1.165, 1.54) is 21.1 Å². The van der Waals surface area contributed by atoms with Gasteiger partial charge in [0.05, 0.1) is 33.0 Å². The summed E-state index contributed by atoms with van der Waals surface area (Å²) in [4.78, 5) is 12.7. The molecule has 0 heterocycles. The number of hydrogen-bond donors (Lipinski definition) is 0. The van der Waals surface area contributed by atoms with Crippen LogP contribution in [0.15, 0.2) is 18.2 Å². The summed E-state index contributed by atoms with van der Waals surface area (Å²) in [5, 5.41) is 0. The predicted octanol–water partition coefficient (Wildman–Crippen LogP) is 3.54. The van der Waals surface area contributed by atoms with Crippen LogP contribution < -0.4 is 9.47 Å². The molecule has 0 aromatic heterocycles. The fourth-order valence-electron chi connectivity index (χ4n) is 2.00. The average Bonchev–Trinajstić information content (AvgIpc) is 2.53. The Labute approximate surface area is 131 Å². The number of ketones is 1. The number of hydrogen-bond acceptors (Lipinski definition) is 6. The maximum atomic E-state index is 12.7. The molecule has 124 valence electrons. The van der Waals surface area contributed by atoms with Crippen LogP contribution in [0.4, 0.5) is 0 Å². The van der Waals surface area contributed by atoms with Gasteiger partial charge in [0.1, 0.15) is 17.2 Å². The van der Waals surface area contributed by atoms with Crippen molar-refractivity contribution in [1.82, 2.24) is 0 Å². The van der Waals surface area contributed by atoms with Crippen LogP contribution in [0.5, 0.6) is 11.5 Å². The predicted molar refractivity (Wildman–Crippen MR) is 84.2 cm³/mol. The van der Waals surface area contributed by atoms with Crippen molar-refractivity contribution in [2.45, 2.75) is 26.4 Å². The number of benzene rings is 1. The maximum Gasteiger partial charge on any atom is 0.341 e. The zero-order valence-electron chi connectivity index (χ0n) is 13.6. The summed E-state index contributed by atoms with van der Waals surface area (Å²) in [7, 11) is -0.561. The highest BCUT2D eigenvalue weighted by Gasteiger charge is 2.38. The first-order valence-electron chi connectivity index (χ1n) is 7.08. The second-order valence-electron chi connectivity index (χ2n) is 4.48. The number of methoxy groups -OCH3 is 2. The summed E-state index contributed by atoms with van der Waals surface area (Å²) in [6.45, 7) is 5.34. The van der Waals surface area contributed by atoms with Crippen LogP contribution in [-0.4, -0.2) is 38.9 Å². The molecule has 1 unspecified atom stereocenters. The van der Waals surface area contributed by atoms with Gasteiger partial charge >= 0.3 is 7.60 Å². The largest absolute Gasteiger partial charge is 0.497 e. The van der Waals surface area contributed by atoms with Crippen molar-refractivity contribution < 1.29 is 27.9 Å². The smallest absolute Gasteiger partial charge is 0.341 e. The zero-order valence-corrected chi connectivity index (χ0v) is 14.5. The molecule has 0 N–H and O–H groups in total. The molecule has 1 aromatic carbocycles. The molecule has 0 saturated carbocycles. The number of ether oxygens (including phenoxy) is 2. The SMILES string of the molecule is CCOP(=O)(OCC)C(C)C(=O)c1cc(OC)ccc1OC. The number of carbonyl (C=O) groups is 1. The summed E-state index contributed by atoms with van der Waals surface area (Å²) < 4.78 is 33.6. The van der Waals surface area contributed by atoms with E-state index in [0.29, 0.717) is 11.5 Å². The average molecular weight is 330 g/mol. The van der Waals surface area contributed by atoms with Crippen LogP contribution >= 0.6 is 7.60 Å². The van der Waals surface area contributed by atoms with Gasteiger partial charge in [0.2, 0.25) is 0 Å². The van der Waals surface area contributed by atoms with Gasteiger partial charge < -0.3 is 18.5 Å². The monoisotopic (exact) mass is 330 g/mol. The van der Waals surface area contributed by atoms with E-state index in [4.69, 9.17) is 18.5 Å². The molecule has 0 saturated heterocycles. The molecule has 22 heavy (non-hydrogen) atoms. The molecule has 0 aliphatic heterocycles. The van der Waals surface area contributed by atoms with Crippen molar-refractivity contribution in [2.24, 2.45) is 0 Å². The van der Waals surface area contributed by atoms with Crippen molar-refractivity contribution in [3.05, 3.63) is 23.8 Å². The summed E-state index contributed by atoms with van der Waals surface area (Å²) in [5.41, 5.74) is -0.651. The molecule has 1 rings (SSSR count). The van der Waals surface area contributed by atoms with Gasteiger partial charge in [-0.1, -0.05) is 0 Å². The Morgan fingerprint density at radius 3 is 2.18 bits per heavy atom. The lowest BCUT2D eigenvalue weighted by Crippen LogP contribution is -2.21. The number of Topliss-reactive ketones (excluding diaryl/α,β-unsaturated/α-hetero) is 1. The molecule has 0 bridgehead atoms. The Morgan fingerprint density at radius 2 is 1.73 bits per heavy atom. The first-order valence-corrected chi connectivity index (χ1v) is 8.69. The van der Waals surface area contributed by atoms with Crippen LogP contribution in [0, 0.1) is 0 Å². The highest BCUT2D eigenvalue weighted by atomic mass is 31.2. The lowest BCUT2D eigenvalue weighted by molar-refractivity contribution is 0.0970. The van der Waals surface area contributed by atoms with E-state index in [9.17, 15) is 9.36 Å². The van der Waals surface area contributed by atoms with E-state index < -0.39 is 13.3 Å². The topological polar surface area (TPSA) is 71.1 Å². The third-order valence-electron chi connectivity index (χ3n) is 3.14. The van der Waals surface area contributed by atoms with Gasteiger partial charge in [-0.2, -0.15) is 0 Å². The molecular weight excluding hydrogens is 307 g/mol. The van der Waals surface area contributed by atoms with E-state index in [1.54, 1.807) is 32.0 Å². The van der Waals surface area contributed by atoms with E-state index >= 15 is 0 Å². The normalized spacial score (nSPS) is 12.8. The van der Waals surface area contributed by atoms with Crippen LogP contribution in [0.2, 0.25) is 0 Å². The Kier molecular flexibility index (Phi) is 7.07. The summed E-state index contributed by atoms with van der Waals surface area (Å²) in [6.07, 6.45) is 0. The van der Waals surface area contributed by atoms with E-state index in [1.807, 2.05) is 0 Å².